The van der Waals surface area contributed by atoms with Crippen molar-refractivity contribution in [1.29, 1.82) is 0 Å². The lowest BCUT2D eigenvalue weighted by atomic mass is 9.80. The number of aromatic nitrogens is 1. The van der Waals surface area contributed by atoms with Crippen LogP contribution in [0.15, 0.2) is 6.07 Å². The summed E-state index contributed by atoms with van der Waals surface area (Å²) in [6.07, 6.45) is 4.68. The van der Waals surface area contributed by atoms with Crippen molar-refractivity contribution >= 4 is 34.8 Å². The summed E-state index contributed by atoms with van der Waals surface area (Å²) >= 11 is 12.5. The number of halogens is 2. The molecule has 21 heavy (non-hydrogen) atoms. The van der Waals surface area contributed by atoms with Gasteiger partial charge in [-0.15, -0.1) is 0 Å². The van der Waals surface area contributed by atoms with Gasteiger partial charge in [0.15, 0.2) is 0 Å². The molecule has 5 heteroatoms. The Bertz CT molecular complexity index is 469. The molecule has 1 aliphatic carbocycles. The van der Waals surface area contributed by atoms with Crippen LogP contribution in [0.3, 0.4) is 0 Å². The highest BCUT2D eigenvalue weighted by molar-refractivity contribution is 6.37. The molecule has 2 unspecified atom stereocenters. The molecule has 0 saturated heterocycles. The van der Waals surface area contributed by atoms with Gasteiger partial charge in [-0.2, -0.15) is 0 Å². The van der Waals surface area contributed by atoms with Gasteiger partial charge < -0.3 is 10.6 Å². The van der Waals surface area contributed by atoms with E-state index >= 15 is 0 Å². The van der Waals surface area contributed by atoms with E-state index in [0.29, 0.717) is 21.9 Å². The Kier molecular flexibility index (Phi) is 6.00. The smallest absolute Gasteiger partial charge is 0.147 e. The van der Waals surface area contributed by atoms with Gasteiger partial charge in [-0.3, -0.25) is 0 Å². The lowest BCUT2D eigenvalue weighted by Crippen LogP contribution is -2.30. The number of anilines is 2. The Morgan fingerprint density at radius 1 is 1.10 bits per heavy atom. The fourth-order valence-corrected chi connectivity index (χ4v) is 3.67. The Balaban J connectivity index is 2.11. The van der Waals surface area contributed by atoms with E-state index < -0.39 is 0 Å². The minimum Gasteiger partial charge on any atom is -0.369 e. The van der Waals surface area contributed by atoms with Crippen LogP contribution in [-0.4, -0.2) is 17.6 Å². The van der Waals surface area contributed by atoms with Gasteiger partial charge in [0.05, 0.1) is 10.0 Å². The number of hydrogen-bond acceptors (Lipinski definition) is 3. The molecule has 1 fully saturated rings. The monoisotopic (exact) mass is 329 g/mol. The number of nitrogens with one attached hydrogen (secondary N) is 2. The first-order chi connectivity index (χ1) is 9.99. The number of pyridine rings is 1. The molecule has 0 radical (unpaired) electrons. The second-order valence-corrected chi connectivity index (χ2v) is 7.15. The third-order valence-electron chi connectivity index (χ3n) is 3.99. The minimum absolute atomic E-state index is 0.439. The zero-order chi connectivity index (χ0) is 15.4. The topological polar surface area (TPSA) is 37.0 Å². The molecule has 0 amide bonds. The molecule has 0 aliphatic heterocycles. The molecule has 0 spiro atoms. The van der Waals surface area contributed by atoms with Gasteiger partial charge in [-0.25, -0.2) is 4.98 Å². The molecular weight excluding hydrogens is 305 g/mol. The second kappa shape index (κ2) is 7.55. The summed E-state index contributed by atoms with van der Waals surface area (Å²) in [6.45, 7) is 7.59. The van der Waals surface area contributed by atoms with Crippen molar-refractivity contribution in [2.45, 2.75) is 52.5 Å². The SMILES string of the molecule is CCCNc1nc(NC2CC(C)CC(C)C2)c(Cl)cc1Cl. The minimum atomic E-state index is 0.439. The maximum absolute atomic E-state index is 6.29. The van der Waals surface area contributed by atoms with Crippen LogP contribution in [0.2, 0.25) is 10.0 Å². The van der Waals surface area contributed by atoms with Crippen LogP contribution >= 0.6 is 23.2 Å². The molecule has 118 valence electrons. The van der Waals surface area contributed by atoms with Crippen molar-refractivity contribution in [1.82, 2.24) is 4.98 Å². The maximum Gasteiger partial charge on any atom is 0.147 e. The van der Waals surface area contributed by atoms with Crippen LogP contribution in [-0.2, 0) is 0 Å². The average molecular weight is 330 g/mol. The fraction of sp³-hybridized carbons (Fsp3) is 0.688. The summed E-state index contributed by atoms with van der Waals surface area (Å²) in [5.74, 6) is 2.94. The average Bonchev–Trinajstić information content (AvgIpc) is 2.39. The number of nitrogens with zero attached hydrogens (tertiary/aromatic N) is 1. The zero-order valence-corrected chi connectivity index (χ0v) is 14.6. The van der Waals surface area contributed by atoms with Crippen molar-refractivity contribution in [2.24, 2.45) is 11.8 Å². The molecule has 2 N–H and O–H groups in total. The summed E-state index contributed by atoms with van der Waals surface area (Å²) in [5.41, 5.74) is 0. The highest BCUT2D eigenvalue weighted by Gasteiger charge is 2.24. The van der Waals surface area contributed by atoms with E-state index in [0.717, 1.165) is 30.6 Å². The molecule has 2 atom stereocenters. The van der Waals surface area contributed by atoms with Crippen molar-refractivity contribution in [3.05, 3.63) is 16.1 Å². The third-order valence-corrected chi connectivity index (χ3v) is 4.57. The molecule has 1 aromatic heterocycles. The van der Waals surface area contributed by atoms with Gasteiger partial charge in [0, 0.05) is 12.6 Å². The van der Waals surface area contributed by atoms with Crippen molar-refractivity contribution in [3.8, 4) is 0 Å². The van der Waals surface area contributed by atoms with Crippen LogP contribution in [0.25, 0.3) is 0 Å². The summed E-state index contributed by atoms with van der Waals surface area (Å²) in [6, 6.07) is 2.21. The Morgan fingerprint density at radius 2 is 1.71 bits per heavy atom. The molecule has 1 aliphatic rings. The number of rotatable bonds is 5. The van der Waals surface area contributed by atoms with Crippen molar-refractivity contribution in [2.75, 3.05) is 17.2 Å². The Hall–Kier alpha value is -0.670. The van der Waals surface area contributed by atoms with Gasteiger partial charge in [0.25, 0.3) is 0 Å². The fourth-order valence-electron chi connectivity index (χ4n) is 3.19. The molecular formula is C16H25Cl2N3. The van der Waals surface area contributed by atoms with Crippen LogP contribution in [0, 0.1) is 11.8 Å². The van der Waals surface area contributed by atoms with E-state index in [9.17, 15) is 0 Å². The quantitative estimate of drug-likeness (QED) is 0.754. The number of hydrogen-bond donors (Lipinski definition) is 2. The predicted molar refractivity (Wildman–Crippen MR) is 92.6 cm³/mol. The second-order valence-electron chi connectivity index (χ2n) is 6.33. The molecule has 1 saturated carbocycles. The molecule has 1 heterocycles. The molecule has 2 rings (SSSR count). The lowest BCUT2D eigenvalue weighted by molar-refractivity contribution is 0.280. The van der Waals surface area contributed by atoms with E-state index in [4.69, 9.17) is 23.2 Å². The molecule has 1 aromatic rings. The molecule has 3 nitrogen and oxygen atoms in total. The normalized spacial score (nSPS) is 25.7. The van der Waals surface area contributed by atoms with Gasteiger partial charge in [0.2, 0.25) is 0 Å². The van der Waals surface area contributed by atoms with E-state index in [1.165, 1.54) is 19.3 Å². The molecule has 0 aromatic carbocycles. The van der Waals surface area contributed by atoms with E-state index in [-0.39, 0.29) is 0 Å². The van der Waals surface area contributed by atoms with Crippen LogP contribution < -0.4 is 10.6 Å². The maximum atomic E-state index is 6.29. The van der Waals surface area contributed by atoms with Crippen LogP contribution in [0.1, 0.15) is 46.5 Å². The van der Waals surface area contributed by atoms with Crippen molar-refractivity contribution in [3.63, 3.8) is 0 Å². The lowest BCUT2D eigenvalue weighted by Gasteiger charge is -2.32. The van der Waals surface area contributed by atoms with E-state index in [2.05, 4.69) is 36.4 Å². The van der Waals surface area contributed by atoms with E-state index in [1.54, 1.807) is 6.07 Å². The summed E-state index contributed by atoms with van der Waals surface area (Å²) in [7, 11) is 0. The van der Waals surface area contributed by atoms with Crippen LogP contribution in [0.5, 0.6) is 0 Å². The summed E-state index contributed by atoms with van der Waals surface area (Å²) in [5, 5.41) is 7.92. The Morgan fingerprint density at radius 3 is 2.33 bits per heavy atom. The first-order valence-electron chi connectivity index (χ1n) is 7.86. The first kappa shape index (κ1) is 16.7. The van der Waals surface area contributed by atoms with Crippen molar-refractivity contribution < 1.29 is 0 Å². The van der Waals surface area contributed by atoms with Gasteiger partial charge >= 0.3 is 0 Å². The summed E-state index contributed by atoms with van der Waals surface area (Å²) < 4.78 is 0. The van der Waals surface area contributed by atoms with Gasteiger partial charge in [-0.05, 0) is 43.6 Å². The third kappa shape index (κ3) is 4.65. The summed E-state index contributed by atoms with van der Waals surface area (Å²) in [4.78, 5) is 4.57. The van der Waals surface area contributed by atoms with Gasteiger partial charge in [0.1, 0.15) is 11.6 Å². The Labute approximate surface area is 137 Å². The standard InChI is InChI=1S/C16H25Cl2N3/c1-4-5-19-15-13(17)9-14(18)16(21-15)20-12-7-10(2)6-11(3)8-12/h9-12H,4-8H2,1-3H3,(H2,19,20,21). The predicted octanol–water partition coefficient (Wildman–Crippen LogP) is 5.45. The highest BCUT2D eigenvalue weighted by Crippen LogP contribution is 2.34. The zero-order valence-electron chi connectivity index (χ0n) is 13.0. The highest BCUT2D eigenvalue weighted by atomic mass is 35.5. The first-order valence-corrected chi connectivity index (χ1v) is 8.61. The van der Waals surface area contributed by atoms with Crippen LogP contribution in [0.4, 0.5) is 11.6 Å². The van der Waals surface area contributed by atoms with Gasteiger partial charge in [-0.1, -0.05) is 44.0 Å². The van der Waals surface area contributed by atoms with E-state index in [1.807, 2.05) is 0 Å². The largest absolute Gasteiger partial charge is 0.369 e. The molecule has 0 bridgehead atoms.